The predicted octanol–water partition coefficient (Wildman–Crippen LogP) is 2.99. The third-order valence-corrected chi connectivity index (χ3v) is 6.28. The molecule has 0 fully saturated rings. The highest BCUT2D eigenvalue weighted by Crippen LogP contribution is 2.33. The van der Waals surface area contributed by atoms with Gasteiger partial charge in [0.2, 0.25) is 0 Å². The van der Waals surface area contributed by atoms with E-state index in [2.05, 4.69) is 20.7 Å². The fourth-order valence-electron chi connectivity index (χ4n) is 2.62. The van der Waals surface area contributed by atoms with Gasteiger partial charge < -0.3 is 4.74 Å². The summed E-state index contributed by atoms with van der Waals surface area (Å²) in [6.07, 6.45) is 0.676. The summed E-state index contributed by atoms with van der Waals surface area (Å²) in [4.78, 5) is 11.8. The predicted molar refractivity (Wildman–Crippen MR) is 90.2 cm³/mol. The van der Waals surface area contributed by atoms with Crippen LogP contribution >= 0.6 is 15.9 Å². The van der Waals surface area contributed by atoms with E-state index in [0.717, 1.165) is 5.56 Å². The van der Waals surface area contributed by atoms with Crippen LogP contribution in [0.3, 0.4) is 0 Å². The Labute approximate surface area is 143 Å². The number of nitrogens with zero attached hydrogens (tertiary/aromatic N) is 1. The summed E-state index contributed by atoms with van der Waals surface area (Å²) in [6.45, 7) is 0.394. The molecule has 1 heterocycles. The molecular formula is C16H14BrNO4S. The topological polar surface area (TPSA) is 63.7 Å². The van der Waals surface area contributed by atoms with Crippen LogP contribution in [-0.2, 0) is 21.2 Å². The normalized spacial score (nSPS) is 13.7. The Bertz CT molecular complexity index is 879. The Morgan fingerprint density at radius 3 is 2.70 bits per heavy atom. The number of para-hydroxylation sites is 1. The first-order valence-corrected chi connectivity index (χ1v) is 9.17. The quantitative estimate of drug-likeness (QED) is 0.749. The summed E-state index contributed by atoms with van der Waals surface area (Å²) in [6, 6.07) is 11.8. The summed E-state index contributed by atoms with van der Waals surface area (Å²) in [7, 11) is -2.47. The number of esters is 1. The van der Waals surface area contributed by atoms with Crippen molar-refractivity contribution < 1.29 is 17.9 Å². The van der Waals surface area contributed by atoms with Crippen LogP contribution in [0, 0.1) is 0 Å². The lowest BCUT2D eigenvalue weighted by atomic mass is 10.2. The minimum atomic E-state index is -3.73. The van der Waals surface area contributed by atoms with Crippen molar-refractivity contribution in [3.63, 3.8) is 0 Å². The number of anilines is 1. The molecular weight excluding hydrogens is 382 g/mol. The second kappa shape index (κ2) is 5.98. The smallest absolute Gasteiger partial charge is 0.339 e. The van der Waals surface area contributed by atoms with Crippen molar-refractivity contribution in [3.05, 3.63) is 58.1 Å². The Balaban J connectivity index is 2.07. The van der Waals surface area contributed by atoms with Crippen molar-refractivity contribution >= 4 is 37.6 Å². The van der Waals surface area contributed by atoms with Crippen LogP contribution in [0.1, 0.15) is 15.9 Å². The van der Waals surface area contributed by atoms with Crippen molar-refractivity contribution in [2.24, 2.45) is 0 Å². The fourth-order valence-corrected chi connectivity index (χ4v) is 4.55. The monoisotopic (exact) mass is 395 g/mol. The number of hydrogen-bond donors (Lipinski definition) is 0. The van der Waals surface area contributed by atoms with Gasteiger partial charge in [0.15, 0.2) is 0 Å². The third kappa shape index (κ3) is 2.74. The first-order valence-electron chi connectivity index (χ1n) is 6.93. The van der Waals surface area contributed by atoms with Crippen molar-refractivity contribution in [2.45, 2.75) is 11.3 Å². The molecule has 23 heavy (non-hydrogen) atoms. The van der Waals surface area contributed by atoms with E-state index in [4.69, 9.17) is 0 Å². The minimum Gasteiger partial charge on any atom is -0.465 e. The third-order valence-electron chi connectivity index (χ3n) is 3.78. The number of rotatable bonds is 3. The molecule has 0 N–H and O–H groups in total. The van der Waals surface area contributed by atoms with Gasteiger partial charge >= 0.3 is 5.97 Å². The maximum absolute atomic E-state index is 12.9. The lowest BCUT2D eigenvalue weighted by Crippen LogP contribution is -2.29. The van der Waals surface area contributed by atoms with E-state index in [1.165, 1.54) is 23.5 Å². The van der Waals surface area contributed by atoms with Crippen LogP contribution in [0.15, 0.2) is 51.8 Å². The second-order valence-corrected chi connectivity index (χ2v) is 7.81. The Kier molecular flexibility index (Phi) is 4.16. The van der Waals surface area contributed by atoms with E-state index in [0.29, 0.717) is 23.1 Å². The van der Waals surface area contributed by atoms with Gasteiger partial charge in [-0.15, -0.1) is 0 Å². The number of sulfonamides is 1. The van der Waals surface area contributed by atoms with Crippen molar-refractivity contribution in [1.29, 1.82) is 0 Å². The highest BCUT2D eigenvalue weighted by Gasteiger charge is 2.31. The molecule has 2 aromatic carbocycles. The zero-order valence-electron chi connectivity index (χ0n) is 12.3. The Hall–Kier alpha value is -1.86. The molecule has 0 saturated carbocycles. The molecule has 1 aliphatic rings. The zero-order chi connectivity index (χ0) is 16.6. The van der Waals surface area contributed by atoms with Gasteiger partial charge in [0.25, 0.3) is 10.0 Å². The number of ether oxygens (including phenoxy) is 1. The van der Waals surface area contributed by atoms with Crippen molar-refractivity contribution in [2.75, 3.05) is 18.0 Å². The summed E-state index contributed by atoms with van der Waals surface area (Å²) >= 11 is 3.24. The van der Waals surface area contributed by atoms with Gasteiger partial charge in [-0.3, -0.25) is 4.31 Å². The summed E-state index contributed by atoms with van der Waals surface area (Å²) in [5.74, 6) is -0.587. The maximum atomic E-state index is 12.9. The number of carbonyl (C=O) groups is 1. The van der Waals surface area contributed by atoms with Gasteiger partial charge in [0, 0.05) is 11.0 Å². The molecule has 0 spiro atoms. The van der Waals surface area contributed by atoms with E-state index < -0.39 is 16.0 Å². The molecule has 3 rings (SSSR count). The van der Waals surface area contributed by atoms with Crippen LogP contribution in [0.5, 0.6) is 0 Å². The van der Waals surface area contributed by atoms with Gasteiger partial charge in [-0.2, -0.15) is 0 Å². The summed E-state index contributed by atoms with van der Waals surface area (Å²) in [5.41, 5.74) is 1.87. The molecule has 0 atom stereocenters. The van der Waals surface area contributed by atoms with E-state index >= 15 is 0 Å². The number of benzene rings is 2. The Morgan fingerprint density at radius 1 is 1.22 bits per heavy atom. The number of carbonyl (C=O) groups excluding carboxylic acids is 1. The van der Waals surface area contributed by atoms with Crippen molar-refractivity contribution in [1.82, 2.24) is 0 Å². The van der Waals surface area contributed by atoms with Gasteiger partial charge in [-0.1, -0.05) is 18.2 Å². The molecule has 0 bridgehead atoms. The lowest BCUT2D eigenvalue weighted by molar-refractivity contribution is 0.0599. The van der Waals surface area contributed by atoms with Gasteiger partial charge in [0.1, 0.15) is 0 Å². The molecule has 2 aromatic rings. The number of hydrogen-bond acceptors (Lipinski definition) is 4. The molecule has 0 radical (unpaired) electrons. The van der Waals surface area contributed by atoms with Crippen LogP contribution in [0.2, 0.25) is 0 Å². The minimum absolute atomic E-state index is 0.0674. The van der Waals surface area contributed by atoms with E-state index in [-0.39, 0.29) is 10.5 Å². The molecule has 5 nitrogen and oxygen atoms in total. The molecule has 0 amide bonds. The number of methoxy groups -OCH3 is 1. The number of fused-ring (bicyclic) bond motifs is 1. The molecule has 0 unspecified atom stereocenters. The molecule has 0 aliphatic carbocycles. The Morgan fingerprint density at radius 2 is 1.96 bits per heavy atom. The molecule has 120 valence electrons. The van der Waals surface area contributed by atoms with Crippen LogP contribution in [0.25, 0.3) is 0 Å². The molecule has 0 aromatic heterocycles. The zero-order valence-corrected chi connectivity index (χ0v) is 14.7. The van der Waals surface area contributed by atoms with E-state index in [1.54, 1.807) is 12.1 Å². The maximum Gasteiger partial charge on any atom is 0.339 e. The van der Waals surface area contributed by atoms with Crippen LogP contribution < -0.4 is 4.31 Å². The summed E-state index contributed by atoms with van der Waals surface area (Å²) in [5, 5.41) is 0. The first-order chi connectivity index (χ1) is 10.9. The molecule has 0 saturated heterocycles. The molecule has 7 heteroatoms. The average molecular weight is 396 g/mol. The summed E-state index contributed by atoms with van der Waals surface area (Å²) < 4.78 is 32.4. The van der Waals surface area contributed by atoms with E-state index in [1.807, 2.05) is 18.2 Å². The van der Waals surface area contributed by atoms with Crippen LogP contribution in [0.4, 0.5) is 5.69 Å². The standard InChI is InChI=1S/C16H14BrNO4S/c1-22-16(19)13-10-12(6-7-14(13)17)23(20,21)18-9-8-11-4-2-3-5-15(11)18/h2-7,10H,8-9H2,1H3. The van der Waals surface area contributed by atoms with E-state index in [9.17, 15) is 13.2 Å². The highest BCUT2D eigenvalue weighted by molar-refractivity contribution is 9.10. The number of halogens is 1. The fraction of sp³-hybridized carbons (Fsp3) is 0.188. The van der Waals surface area contributed by atoms with Gasteiger partial charge in [-0.05, 0) is 52.2 Å². The average Bonchev–Trinajstić information content (AvgIpc) is 2.99. The lowest BCUT2D eigenvalue weighted by Gasteiger charge is -2.20. The van der Waals surface area contributed by atoms with Crippen molar-refractivity contribution in [3.8, 4) is 0 Å². The molecule has 1 aliphatic heterocycles. The first kappa shape index (κ1) is 16.0. The SMILES string of the molecule is COC(=O)c1cc(S(=O)(=O)N2CCc3ccccc32)ccc1Br. The van der Waals surface area contributed by atoms with Gasteiger partial charge in [0.05, 0.1) is 23.3 Å². The highest BCUT2D eigenvalue weighted by atomic mass is 79.9. The second-order valence-electron chi connectivity index (χ2n) is 5.09. The van der Waals surface area contributed by atoms with Crippen LogP contribution in [-0.4, -0.2) is 28.0 Å². The van der Waals surface area contributed by atoms with Gasteiger partial charge in [-0.25, -0.2) is 13.2 Å². The largest absolute Gasteiger partial charge is 0.465 e.